The summed E-state index contributed by atoms with van der Waals surface area (Å²) in [6.07, 6.45) is -11.7. The van der Waals surface area contributed by atoms with Crippen molar-refractivity contribution in [2.45, 2.75) is 18.4 Å². The van der Waals surface area contributed by atoms with Crippen molar-refractivity contribution in [1.82, 2.24) is 20.2 Å². The number of nitrogens with one attached hydrogen (secondary N) is 2. The summed E-state index contributed by atoms with van der Waals surface area (Å²) >= 11 is 0. The highest BCUT2D eigenvalue weighted by Gasteiger charge is 2.57. The van der Waals surface area contributed by atoms with E-state index < -0.39 is 75.5 Å². The highest BCUT2D eigenvalue weighted by atomic mass is 19.4. The second kappa shape index (κ2) is 9.21. The van der Waals surface area contributed by atoms with Gasteiger partial charge in [-0.05, 0) is 12.1 Å². The Morgan fingerprint density at radius 2 is 1.61 bits per heavy atom. The number of hydrogen-bond donors (Lipinski definition) is 2. The maximum atomic E-state index is 14.7. The zero-order chi connectivity index (χ0) is 28.2. The van der Waals surface area contributed by atoms with Crippen molar-refractivity contribution in [2.75, 3.05) is 18.0 Å². The molecule has 38 heavy (non-hydrogen) atoms. The van der Waals surface area contributed by atoms with E-state index in [0.717, 1.165) is 17.0 Å². The SMILES string of the molecule is O=C(NC(C(F)(F)F)C(F)(F)F)c1cn(-c2c(F)cc(F)cc2F)c2nc(N3CCNC3=O)ccc2c1=O. The standard InChI is InChI=1S/C21H12F9N5O3/c22-8-5-11(23)14(12(24)6-8)35-7-10(17(37)33-18(20(25,26)27)21(28,29)30)15(36)9-1-2-13(32-16(9)35)34-4-3-31-19(34)38/h1-2,5-7,18H,3-4H2,(H,31,38)(H,33,37). The predicted molar refractivity (Wildman–Crippen MR) is 111 cm³/mol. The van der Waals surface area contributed by atoms with Crippen LogP contribution in [0.25, 0.3) is 16.7 Å². The molecule has 1 aliphatic heterocycles. The Kier molecular flexibility index (Phi) is 6.48. The van der Waals surface area contributed by atoms with Crippen LogP contribution >= 0.6 is 0 Å². The van der Waals surface area contributed by atoms with E-state index in [9.17, 15) is 53.9 Å². The van der Waals surface area contributed by atoms with Gasteiger partial charge in [-0.25, -0.2) is 22.9 Å². The number of benzene rings is 1. The number of anilines is 1. The van der Waals surface area contributed by atoms with Crippen molar-refractivity contribution in [3.05, 3.63) is 63.7 Å². The smallest absolute Gasteiger partial charge is 0.336 e. The number of rotatable bonds is 4. The Morgan fingerprint density at radius 3 is 2.13 bits per heavy atom. The van der Waals surface area contributed by atoms with Crippen LogP contribution < -0.4 is 21.0 Å². The van der Waals surface area contributed by atoms with Gasteiger partial charge in [0.1, 0.15) is 22.9 Å². The van der Waals surface area contributed by atoms with Gasteiger partial charge >= 0.3 is 18.4 Å². The molecule has 0 bridgehead atoms. The minimum absolute atomic E-state index is 0.0810. The van der Waals surface area contributed by atoms with Gasteiger partial charge in [-0.2, -0.15) is 26.3 Å². The van der Waals surface area contributed by atoms with Gasteiger partial charge in [-0.1, -0.05) is 0 Å². The molecule has 202 valence electrons. The third-order valence-corrected chi connectivity index (χ3v) is 5.37. The van der Waals surface area contributed by atoms with Gasteiger partial charge < -0.3 is 10.6 Å². The molecular weight excluding hydrogens is 541 g/mol. The number of fused-ring (bicyclic) bond motifs is 1. The van der Waals surface area contributed by atoms with Gasteiger partial charge in [-0.3, -0.25) is 19.1 Å². The number of aromatic nitrogens is 2. The lowest BCUT2D eigenvalue weighted by Gasteiger charge is -2.24. The summed E-state index contributed by atoms with van der Waals surface area (Å²) in [4.78, 5) is 42.5. The van der Waals surface area contributed by atoms with Crippen LogP contribution in [0.1, 0.15) is 10.4 Å². The maximum absolute atomic E-state index is 14.7. The number of carbonyl (C=O) groups is 2. The number of hydrogen-bond acceptors (Lipinski definition) is 4. The van der Waals surface area contributed by atoms with E-state index in [1.165, 1.54) is 0 Å². The van der Waals surface area contributed by atoms with Crippen LogP contribution in [0.4, 0.5) is 50.1 Å². The average Bonchev–Trinajstić information content (AvgIpc) is 3.22. The summed E-state index contributed by atoms with van der Waals surface area (Å²) in [5.74, 6) is -6.94. The normalized spacial score (nSPS) is 14.4. The largest absolute Gasteiger partial charge is 0.417 e. The van der Waals surface area contributed by atoms with Crippen molar-refractivity contribution in [2.24, 2.45) is 0 Å². The Balaban J connectivity index is 1.97. The number of carbonyl (C=O) groups excluding carboxylic acids is 2. The average molecular weight is 553 g/mol. The van der Waals surface area contributed by atoms with E-state index in [1.807, 2.05) is 0 Å². The first kappa shape index (κ1) is 26.7. The zero-order valence-corrected chi connectivity index (χ0v) is 18.3. The first-order valence-electron chi connectivity index (χ1n) is 10.3. The van der Waals surface area contributed by atoms with Crippen molar-refractivity contribution in [3.63, 3.8) is 0 Å². The van der Waals surface area contributed by atoms with E-state index >= 15 is 0 Å². The monoisotopic (exact) mass is 553 g/mol. The summed E-state index contributed by atoms with van der Waals surface area (Å²) in [5.41, 5.74) is -4.61. The third-order valence-electron chi connectivity index (χ3n) is 5.37. The molecule has 0 aliphatic carbocycles. The molecule has 0 unspecified atom stereocenters. The van der Waals surface area contributed by atoms with Crippen LogP contribution in [0.5, 0.6) is 0 Å². The van der Waals surface area contributed by atoms with Crippen LogP contribution in [0, 0.1) is 17.5 Å². The molecule has 3 heterocycles. The summed E-state index contributed by atoms with van der Waals surface area (Å²) in [6.45, 7) is 0.267. The number of nitrogens with zero attached hydrogens (tertiary/aromatic N) is 3. The van der Waals surface area contributed by atoms with Crippen LogP contribution in [0.2, 0.25) is 0 Å². The molecule has 1 saturated heterocycles. The fourth-order valence-electron chi connectivity index (χ4n) is 3.69. The highest BCUT2D eigenvalue weighted by molar-refractivity contribution is 5.98. The van der Waals surface area contributed by atoms with Crippen LogP contribution in [-0.2, 0) is 0 Å². The first-order chi connectivity index (χ1) is 17.6. The molecular formula is C21H12F9N5O3. The first-order valence-corrected chi connectivity index (χ1v) is 10.3. The minimum Gasteiger partial charge on any atom is -0.336 e. The summed E-state index contributed by atoms with van der Waals surface area (Å²) < 4.78 is 121. The van der Waals surface area contributed by atoms with E-state index in [-0.39, 0.29) is 37.2 Å². The number of amides is 3. The van der Waals surface area contributed by atoms with Crippen LogP contribution in [0.15, 0.2) is 35.3 Å². The molecule has 17 heteroatoms. The molecule has 2 aromatic heterocycles. The number of halogens is 9. The number of urea groups is 1. The molecule has 3 aromatic rings. The molecule has 8 nitrogen and oxygen atoms in total. The van der Waals surface area contributed by atoms with Crippen LogP contribution in [-0.4, -0.2) is 53.0 Å². The molecule has 1 aliphatic rings. The van der Waals surface area contributed by atoms with Gasteiger partial charge in [0.2, 0.25) is 11.5 Å². The summed E-state index contributed by atoms with van der Waals surface area (Å²) in [6, 6.07) is -2.65. The second-order valence-corrected chi connectivity index (χ2v) is 7.87. The van der Waals surface area contributed by atoms with E-state index in [0.29, 0.717) is 9.88 Å². The quantitative estimate of drug-likeness (QED) is 0.484. The molecule has 4 rings (SSSR count). The van der Waals surface area contributed by atoms with Gasteiger partial charge in [-0.15, -0.1) is 0 Å². The van der Waals surface area contributed by atoms with Gasteiger partial charge in [0.15, 0.2) is 17.3 Å². The summed E-state index contributed by atoms with van der Waals surface area (Å²) in [5, 5.41) is 2.44. The van der Waals surface area contributed by atoms with Gasteiger partial charge in [0, 0.05) is 31.4 Å². The lowest BCUT2D eigenvalue weighted by molar-refractivity contribution is -0.255. The third kappa shape index (κ3) is 4.82. The molecule has 2 N–H and O–H groups in total. The van der Waals surface area contributed by atoms with Crippen molar-refractivity contribution in [3.8, 4) is 5.69 Å². The molecule has 0 spiro atoms. The Labute approximate surface area is 204 Å². The molecule has 0 atom stereocenters. The molecule has 0 saturated carbocycles. The van der Waals surface area contributed by atoms with Crippen molar-refractivity contribution >= 4 is 28.8 Å². The fourth-order valence-corrected chi connectivity index (χ4v) is 3.69. The number of pyridine rings is 2. The lowest BCUT2D eigenvalue weighted by Crippen LogP contribution is -2.55. The predicted octanol–water partition coefficient (Wildman–Crippen LogP) is 3.56. The number of alkyl halides is 6. The topological polar surface area (TPSA) is 96.3 Å². The maximum Gasteiger partial charge on any atom is 0.417 e. The van der Waals surface area contributed by atoms with Crippen LogP contribution in [0.3, 0.4) is 0 Å². The van der Waals surface area contributed by atoms with Crippen molar-refractivity contribution in [1.29, 1.82) is 0 Å². The zero-order valence-electron chi connectivity index (χ0n) is 18.3. The van der Waals surface area contributed by atoms with Gasteiger partial charge in [0.25, 0.3) is 5.91 Å². The van der Waals surface area contributed by atoms with E-state index in [4.69, 9.17) is 0 Å². The Morgan fingerprint density at radius 1 is 1.00 bits per heavy atom. The molecule has 3 amide bonds. The summed E-state index contributed by atoms with van der Waals surface area (Å²) in [7, 11) is 0. The van der Waals surface area contributed by atoms with Gasteiger partial charge in [0.05, 0.1) is 5.39 Å². The molecule has 0 radical (unpaired) electrons. The minimum atomic E-state index is -6.01. The van der Waals surface area contributed by atoms with E-state index in [1.54, 1.807) is 0 Å². The Bertz CT molecular complexity index is 1480. The Hall–Kier alpha value is -4.31. The molecule has 1 aromatic carbocycles. The van der Waals surface area contributed by atoms with E-state index in [2.05, 4.69) is 10.3 Å². The van der Waals surface area contributed by atoms with Crippen molar-refractivity contribution < 1.29 is 49.1 Å². The lowest BCUT2D eigenvalue weighted by atomic mass is 10.1. The second-order valence-electron chi connectivity index (χ2n) is 7.87. The highest BCUT2D eigenvalue weighted by Crippen LogP contribution is 2.33. The fraction of sp³-hybridized carbons (Fsp3) is 0.238. The molecule has 1 fully saturated rings.